The molecule has 1 atom stereocenters. The van der Waals surface area contributed by atoms with Crippen LogP contribution in [0.25, 0.3) is 0 Å². The van der Waals surface area contributed by atoms with Gasteiger partial charge in [0, 0.05) is 12.5 Å². The van der Waals surface area contributed by atoms with E-state index in [9.17, 15) is 5.11 Å². The topological polar surface area (TPSA) is 57.2 Å². The molecule has 1 aromatic carbocycles. The predicted molar refractivity (Wildman–Crippen MR) is 116 cm³/mol. The van der Waals surface area contributed by atoms with Gasteiger partial charge in [0.05, 0.1) is 26.9 Å². The zero-order chi connectivity index (χ0) is 21.2. The predicted octanol–water partition coefficient (Wildman–Crippen LogP) is 4.99. The van der Waals surface area contributed by atoms with Crippen molar-refractivity contribution in [2.24, 2.45) is 5.92 Å². The van der Waals surface area contributed by atoms with Crippen LogP contribution in [0.2, 0.25) is 16.6 Å². The van der Waals surface area contributed by atoms with Crippen molar-refractivity contribution in [3.05, 3.63) is 29.8 Å². The Morgan fingerprint density at radius 1 is 0.857 bits per heavy atom. The van der Waals surface area contributed by atoms with Gasteiger partial charge in [0.2, 0.25) is 0 Å². The number of hydrogen-bond acceptors (Lipinski definition) is 5. The van der Waals surface area contributed by atoms with Gasteiger partial charge in [0.1, 0.15) is 12.5 Å². The van der Waals surface area contributed by atoms with E-state index in [2.05, 4.69) is 41.5 Å². The molecule has 28 heavy (non-hydrogen) atoms. The maximum absolute atomic E-state index is 9.73. The highest BCUT2D eigenvalue weighted by atomic mass is 28.4. The largest absolute Gasteiger partial charge is 0.497 e. The number of benzene rings is 1. The molecular formula is C22H40O5Si. The van der Waals surface area contributed by atoms with E-state index in [4.69, 9.17) is 18.6 Å². The number of ether oxygens (including phenoxy) is 3. The lowest BCUT2D eigenvalue weighted by molar-refractivity contribution is -0.0798. The maximum Gasteiger partial charge on any atom is 0.200 e. The molecule has 0 aromatic heterocycles. The zero-order valence-electron chi connectivity index (χ0n) is 18.7. The Kier molecular flexibility index (Phi) is 11.3. The normalized spacial score (nSPS) is 13.5. The molecule has 0 aliphatic carbocycles. The Hall–Kier alpha value is -0.923. The smallest absolute Gasteiger partial charge is 0.200 e. The molecule has 0 heterocycles. The molecule has 162 valence electrons. The van der Waals surface area contributed by atoms with Crippen molar-refractivity contribution >= 4 is 8.32 Å². The molecule has 6 heteroatoms. The molecule has 0 aliphatic rings. The number of methoxy groups -OCH3 is 1. The Morgan fingerprint density at radius 2 is 1.43 bits per heavy atom. The van der Waals surface area contributed by atoms with Crippen LogP contribution in [0.4, 0.5) is 0 Å². The van der Waals surface area contributed by atoms with Crippen molar-refractivity contribution in [1.82, 2.24) is 0 Å². The lowest BCUT2D eigenvalue weighted by Crippen LogP contribution is -2.49. The molecule has 0 amide bonds. The summed E-state index contributed by atoms with van der Waals surface area (Å²) in [6.45, 7) is 15.3. The fraction of sp³-hybridized carbons (Fsp3) is 0.727. The Balaban J connectivity index is 2.41. The van der Waals surface area contributed by atoms with Crippen molar-refractivity contribution in [3.8, 4) is 5.75 Å². The molecule has 0 saturated carbocycles. The first-order valence-corrected chi connectivity index (χ1v) is 12.4. The summed E-state index contributed by atoms with van der Waals surface area (Å²) < 4.78 is 22.9. The van der Waals surface area contributed by atoms with Gasteiger partial charge in [-0.3, -0.25) is 0 Å². The zero-order valence-corrected chi connectivity index (χ0v) is 19.7. The van der Waals surface area contributed by atoms with E-state index in [-0.39, 0.29) is 19.3 Å². The second-order valence-electron chi connectivity index (χ2n) is 8.36. The summed E-state index contributed by atoms with van der Waals surface area (Å²) in [7, 11) is -0.272. The van der Waals surface area contributed by atoms with Crippen LogP contribution in [0.15, 0.2) is 24.3 Å². The third kappa shape index (κ3) is 7.15. The Labute approximate surface area is 172 Å². The summed E-state index contributed by atoms with van der Waals surface area (Å²) in [6, 6.07) is 7.76. The molecule has 0 unspecified atom stereocenters. The number of aliphatic hydroxyl groups is 1. The molecular weight excluding hydrogens is 372 g/mol. The lowest BCUT2D eigenvalue weighted by Gasteiger charge is -2.42. The van der Waals surface area contributed by atoms with Gasteiger partial charge in [-0.25, -0.2) is 0 Å². The summed E-state index contributed by atoms with van der Waals surface area (Å²) in [5, 5.41) is 9.73. The molecule has 1 N–H and O–H groups in total. The van der Waals surface area contributed by atoms with Crippen LogP contribution in [-0.4, -0.2) is 47.1 Å². The van der Waals surface area contributed by atoms with E-state index in [1.807, 2.05) is 24.3 Å². The molecule has 0 radical (unpaired) electrons. The van der Waals surface area contributed by atoms with Gasteiger partial charge in [-0.2, -0.15) is 0 Å². The second kappa shape index (κ2) is 12.6. The molecule has 0 saturated heterocycles. The fourth-order valence-electron chi connectivity index (χ4n) is 4.07. The second-order valence-corrected chi connectivity index (χ2v) is 13.8. The van der Waals surface area contributed by atoms with Crippen LogP contribution in [0.3, 0.4) is 0 Å². The summed E-state index contributed by atoms with van der Waals surface area (Å²) in [4.78, 5) is 0. The van der Waals surface area contributed by atoms with E-state index in [0.29, 0.717) is 36.4 Å². The Morgan fingerprint density at radius 3 is 1.89 bits per heavy atom. The van der Waals surface area contributed by atoms with Gasteiger partial charge in [-0.15, -0.1) is 0 Å². The molecule has 5 nitrogen and oxygen atoms in total. The van der Waals surface area contributed by atoms with Crippen molar-refractivity contribution in [3.63, 3.8) is 0 Å². The van der Waals surface area contributed by atoms with Crippen molar-refractivity contribution in [1.29, 1.82) is 0 Å². The molecule has 0 bridgehead atoms. The van der Waals surface area contributed by atoms with Crippen LogP contribution in [0.5, 0.6) is 5.75 Å². The highest BCUT2D eigenvalue weighted by Crippen LogP contribution is 2.42. The first kappa shape index (κ1) is 25.1. The van der Waals surface area contributed by atoms with E-state index in [0.717, 1.165) is 11.3 Å². The van der Waals surface area contributed by atoms with Crippen molar-refractivity contribution in [2.75, 3.05) is 33.7 Å². The van der Waals surface area contributed by atoms with Crippen LogP contribution in [0.1, 0.15) is 47.1 Å². The van der Waals surface area contributed by atoms with Gasteiger partial charge < -0.3 is 23.7 Å². The van der Waals surface area contributed by atoms with E-state index < -0.39 is 8.32 Å². The Bertz CT molecular complexity index is 508. The van der Waals surface area contributed by atoms with Crippen LogP contribution >= 0.6 is 0 Å². The molecule has 0 fully saturated rings. The highest BCUT2D eigenvalue weighted by molar-refractivity contribution is 6.77. The minimum Gasteiger partial charge on any atom is -0.497 e. The minimum atomic E-state index is -1.92. The van der Waals surface area contributed by atoms with E-state index in [1.54, 1.807) is 7.11 Å². The molecule has 1 rings (SSSR count). The summed E-state index contributed by atoms with van der Waals surface area (Å²) >= 11 is 0. The molecule has 0 spiro atoms. The number of hydrogen-bond donors (Lipinski definition) is 1. The summed E-state index contributed by atoms with van der Waals surface area (Å²) in [5.74, 6) is 0.794. The van der Waals surface area contributed by atoms with Gasteiger partial charge in [0.25, 0.3) is 0 Å². The number of rotatable bonds is 14. The van der Waals surface area contributed by atoms with Crippen LogP contribution in [0, 0.1) is 5.92 Å². The van der Waals surface area contributed by atoms with E-state index >= 15 is 0 Å². The van der Waals surface area contributed by atoms with Gasteiger partial charge >= 0.3 is 0 Å². The third-order valence-electron chi connectivity index (χ3n) is 5.48. The monoisotopic (exact) mass is 412 g/mol. The number of aliphatic hydroxyl groups excluding tert-OH is 1. The highest BCUT2D eigenvalue weighted by Gasteiger charge is 2.45. The SMILES string of the molecule is COc1ccc(COCOC[C@@H](CO)CO[Si](C(C)C)(C(C)C)C(C)C)cc1. The maximum atomic E-state index is 9.73. The van der Waals surface area contributed by atoms with Crippen LogP contribution < -0.4 is 4.74 Å². The summed E-state index contributed by atoms with van der Waals surface area (Å²) in [5.41, 5.74) is 2.65. The van der Waals surface area contributed by atoms with Gasteiger partial charge in [0.15, 0.2) is 8.32 Å². The van der Waals surface area contributed by atoms with Crippen molar-refractivity contribution < 1.29 is 23.7 Å². The fourth-order valence-corrected chi connectivity index (χ4v) is 9.60. The summed E-state index contributed by atoms with van der Waals surface area (Å²) in [6.07, 6.45) is 0. The molecule has 1 aromatic rings. The quantitative estimate of drug-likeness (QED) is 0.265. The van der Waals surface area contributed by atoms with Crippen molar-refractivity contribution in [2.45, 2.75) is 64.8 Å². The average molecular weight is 413 g/mol. The molecule has 0 aliphatic heterocycles. The first-order chi connectivity index (χ1) is 13.3. The third-order valence-corrected chi connectivity index (χ3v) is 11.6. The standard InChI is InChI=1S/C22H40O5Si/c1-17(2)28(18(3)4,19(5)6)27-15-21(12-23)14-26-16-25-13-20-8-10-22(24-7)11-9-20/h8-11,17-19,21,23H,12-16H2,1-7H3/t21-/m1/s1. The first-order valence-electron chi connectivity index (χ1n) is 10.3. The lowest BCUT2D eigenvalue weighted by atomic mass is 10.2. The van der Waals surface area contributed by atoms with Gasteiger partial charge in [-0.1, -0.05) is 53.7 Å². The minimum absolute atomic E-state index is 0.0345. The van der Waals surface area contributed by atoms with Crippen LogP contribution in [-0.2, 0) is 20.5 Å². The average Bonchev–Trinajstić information content (AvgIpc) is 2.66. The van der Waals surface area contributed by atoms with Gasteiger partial charge in [-0.05, 0) is 34.3 Å². The van der Waals surface area contributed by atoms with E-state index in [1.165, 1.54) is 0 Å².